The molecule has 1 aliphatic carbocycles. The van der Waals surface area contributed by atoms with Gasteiger partial charge < -0.3 is 9.64 Å². The van der Waals surface area contributed by atoms with Crippen molar-refractivity contribution in [2.45, 2.75) is 31.3 Å². The van der Waals surface area contributed by atoms with Gasteiger partial charge in [0.2, 0.25) is 0 Å². The number of ether oxygens (including phenoxy) is 1. The zero-order valence-electron chi connectivity index (χ0n) is 18.0. The Balaban J connectivity index is 1.18. The van der Waals surface area contributed by atoms with Crippen molar-refractivity contribution in [1.29, 1.82) is 0 Å². The molecule has 3 aromatic rings. The number of anilines is 1. The van der Waals surface area contributed by atoms with E-state index in [1.807, 2.05) is 24.3 Å². The van der Waals surface area contributed by atoms with Gasteiger partial charge in [0.15, 0.2) is 0 Å². The Kier molecular flexibility index (Phi) is 5.88. The van der Waals surface area contributed by atoms with Gasteiger partial charge in [-0.1, -0.05) is 23.7 Å². The number of para-hydroxylation sites is 1. The Morgan fingerprint density at radius 1 is 0.903 bits per heavy atom. The summed E-state index contributed by atoms with van der Waals surface area (Å²) in [6, 6.07) is 19.5. The lowest BCUT2D eigenvalue weighted by Gasteiger charge is -2.39. The van der Waals surface area contributed by atoms with Crippen molar-refractivity contribution in [2.75, 3.05) is 38.2 Å². The number of methoxy groups -OCH3 is 1. The highest BCUT2D eigenvalue weighted by molar-refractivity contribution is 6.33. The number of nitrogens with zero attached hydrogens (tertiary/aromatic N) is 4. The maximum absolute atomic E-state index is 6.40. The summed E-state index contributed by atoms with van der Waals surface area (Å²) < 4.78 is 7.44. The van der Waals surface area contributed by atoms with Crippen LogP contribution in [0.15, 0.2) is 60.8 Å². The fourth-order valence-electron chi connectivity index (χ4n) is 5.00. The van der Waals surface area contributed by atoms with E-state index in [-0.39, 0.29) is 0 Å². The molecule has 2 aromatic carbocycles. The van der Waals surface area contributed by atoms with E-state index >= 15 is 0 Å². The maximum Gasteiger partial charge on any atom is 0.118 e. The van der Waals surface area contributed by atoms with Crippen LogP contribution in [0, 0.1) is 0 Å². The molecule has 0 bridgehead atoms. The van der Waals surface area contributed by atoms with Crippen LogP contribution < -0.4 is 9.64 Å². The highest BCUT2D eigenvalue weighted by Crippen LogP contribution is 2.35. The van der Waals surface area contributed by atoms with E-state index in [1.165, 1.54) is 19.3 Å². The average molecular weight is 437 g/mol. The van der Waals surface area contributed by atoms with Crippen LogP contribution in [-0.2, 0) is 0 Å². The molecule has 1 aliphatic heterocycles. The van der Waals surface area contributed by atoms with Gasteiger partial charge in [-0.2, -0.15) is 5.10 Å². The zero-order chi connectivity index (χ0) is 21.2. The minimum atomic E-state index is 0.485. The zero-order valence-corrected chi connectivity index (χ0v) is 18.7. The third kappa shape index (κ3) is 4.30. The standard InChI is InChI=1S/C25H29ClN4O/c1-31-22-10-6-19(7-11-22)24-12-13-30(27-24)21-9-8-20(18-21)28-14-16-29(17-15-28)25-5-3-2-4-23(25)26/h2-7,10-13,20-21H,8-9,14-18H2,1H3. The molecule has 2 fully saturated rings. The summed E-state index contributed by atoms with van der Waals surface area (Å²) in [6.07, 6.45) is 5.76. The van der Waals surface area contributed by atoms with Crippen LogP contribution in [0.1, 0.15) is 25.3 Å². The summed E-state index contributed by atoms with van der Waals surface area (Å²) in [5.74, 6) is 0.872. The Morgan fingerprint density at radius 3 is 2.39 bits per heavy atom. The number of benzene rings is 2. The third-order valence-corrected chi connectivity index (χ3v) is 7.09. The van der Waals surface area contributed by atoms with Crippen molar-refractivity contribution in [3.05, 3.63) is 65.8 Å². The van der Waals surface area contributed by atoms with E-state index in [4.69, 9.17) is 21.4 Å². The lowest BCUT2D eigenvalue weighted by atomic mass is 10.1. The average Bonchev–Trinajstić information content (AvgIpc) is 3.50. The predicted molar refractivity (Wildman–Crippen MR) is 126 cm³/mol. The summed E-state index contributed by atoms with van der Waals surface area (Å²) >= 11 is 6.40. The summed E-state index contributed by atoms with van der Waals surface area (Å²) in [6.45, 7) is 4.26. The molecule has 5 nitrogen and oxygen atoms in total. The van der Waals surface area contributed by atoms with Crippen molar-refractivity contribution < 1.29 is 4.74 Å². The van der Waals surface area contributed by atoms with E-state index < -0.39 is 0 Å². The van der Waals surface area contributed by atoms with Gasteiger partial charge in [0, 0.05) is 44.0 Å². The fourth-order valence-corrected chi connectivity index (χ4v) is 5.26. The van der Waals surface area contributed by atoms with Crippen LogP contribution >= 0.6 is 11.6 Å². The number of hydrogen-bond donors (Lipinski definition) is 0. The van der Waals surface area contributed by atoms with Crippen LogP contribution in [0.25, 0.3) is 11.3 Å². The Labute approximate surface area is 189 Å². The quantitative estimate of drug-likeness (QED) is 0.555. The molecule has 0 radical (unpaired) electrons. The van der Waals surface area contributed by atoms with Gasteiger partial charge in [-0.3, -0.25) is 9.58 Å². The number of rotatable bonds is 5. The molecule has 162 valence electrons. The molecule has 1 aromatic heterocycles. The van der Waals surface area contributed by atoms with Gasteiger partial charge >= 0.3 is 0 Å². The molecule has 6 heteroatoms. The van der Waals surface area contributed by atoms with E-state index in [1.54, 1.807) is 7.11 Å². The molecule has 2 unspecified atom stereocenters. The normalized spacial score (nSPS) is 22.1. The molecule has 0 spiro atoms. The van der Waals surface area contributed by atoms with E-state index in [0.717, 1.165) is 53.9 Å². The Bertz CT molecular complexity index is 1010. The Morgan fingerprint density at radius 2 is 1.65 bits per heavy atom. The maximum atomic E-state index is 6.40. The number of halogens is 1. The SMILES string of the molecule is COc1ccc(-c2ccn(C3CCC(N4CCN(c5ccccc5Cl)CC4)C3)n2)cc1. The van der Waals surface area contributed by atoms with Gasteiger partial charge in [0.05, 0.1) is 29.6 Å². The smallest absolute Gasteiger partial charge is 0.118 e. The van der Waals surface area contributed by atoms with Gasteiger partial charge in [-0.25, -0.2) is 0 Å². The highest BCUT2D eigenvalue weighted by atomic mass is 35.5. The number of aromatic nitrogens is 2. The molecule has 0 N–H and O–H groups in total. The van der Waals surface area contributed by atoms with Crippen molar-refractivity contribution in [1.82, 2.24) is 14.7 Å². The molecular weight excluding hydrogens is 408 g/mol. The summed E-state index contributed by atoms with van der Waals surface area (Å²) in [5.41, 5.74) is 3.32. The molecule has 0 amide bonds. The van der Waals surface area contributed by atoms with Crippen LogP contribution in [0.3, 0.4) is 0 Å². The third-order valence-electron chi connectivity index (χ3n) is 6.77. The topological polar surface area (TPSA) is 33.5 Å². The van der Waals surface area contributed by atoms with E-state index in [0.29, 0.717) is 12.1 Å². The monoisotopic (exact) mass is 436 g/mol. The molecule has 1 saturated heterocycles. The van der Waals surface area contributed by atoms with Crippen molar-refractivity contribution >= 4 is 17.3 Å². The van der Waals surface area contributed by atoms with Crippen LogP contribution in [-0.4, -0.2) is 54.0 Å². The second kappa shape index (κ2) is 8.93. The van der Waals surface area contributed by atoms with E-state index in [2.05, 4.69) is 51.0 Å². The second-order valence-corrected chi connectivity index (χ2v) is 8.91. The fraction of sp³-hybridized carbons (Fsp3) is 0.400. The molecule has 5 rings (SSSR count). The summed E-state index contributed by atoms with van der Waals surface area (Å²) in [7, 11) is 1.69. The Hall–Kier alpha value is -2.50. The minimum Gasteiger partial charge on any atom is -0.497 e. The second-order valence-electron chi connectivity index (χ2n) is 8.50. The lowest BCUT2D eigenvalue weighted by Crippen LogP contribution is -2.49. The molecule has 2 heterocycles. The molecule has 31 heavy (non-hydrogen) atoms. The van der Waals surface area contributed by atoms with Crippen LogP contribution in [0.5, 0.6) is 5.75 Å². The first-order chi connectivity index (χ1) is 15.2. The lowest BCUT2D eigenvalue weighted by molar-refractivity contribution is 0.183. The van der Waals surface area contributed by atoms with Gasteiger partial charge in [-0.05, 0) is 61.7 Å². The molecular formula is C25H29ClN4O. The predicted octanol–water partition coefficient (Wildman–Crippen LogP) is 5.13. The van der Waals surface area contributed by atoms with Crippen molar-refractivity contribution in [3.63, 3.8) is 0 Å². The molecule has 2 atom stereocenters. The van der Waals surface area contributed by atoms with Crippen LogP contribution in [0.2, 0.25) is 5.02 Å². The highest BCUT2D eigenvalue weighted by Gasteiger charge is 2.32. The largest absolute Gasteiger partial charge is 0.497 e. The van der Waals surface area contributed by atoms with Gasteiger partial charge in [-0.15, -0.1) is 0 Å². The first kappa shape index (κ1) is 20.4. The minimum absolute atomic E-state index is 0.485. The number of hydrogen-bond acceptors (Lipinski definition) is 4. The summed E-state index contributed by atoms with van der Waals surface area (Å²) in [4.78, 5) is 5.08. The van der Waals surface area contributed by atoms with Crippen molar-refractivity contribution in [2.24, 2.45) is 0 Å². The van der Waals surface area contributed by atoms with Gasteiger partial charge in [0.25, 0.3) is 0 Å². The molecule has 1 saturated carbocycles. The van der Waals surface area contributed by atoms with Crippen molar-refractivity contribution in [3.8, 4) is 17.0 Å². The number of piperazine rings is 1. The van der Waals surface area contributed by atoms with Gasteiger partial charge in [0.1, 0.15) is 5.75 Å². The summed E-state index contributed by atoms with van der Waals surface area (Å²) in [5, 5.41) is 5.74. The van der Waals surface area contributed by atoms with Crippen LogP contribution in [0.4, 0.5) is 5.69 Å². The first-order valence-corrected chi connectivity index (χ1v) is 11.5. The first-order valence-electron chi connectivity index (χ1n) is 11.1. The van der Waals surface area contributed by atoms with E-state index in [9.17, 15) is 0 Å². The molecule has 2 aliphatic rings.